The first kappa shape index (κ1) is 26.9. The molecule has 0 radical (unpaired) electrons. The number of likely N-dealkylation sites (tertiary alicyclic amines) is 1. The number of benzene rings is 3. The van der Waals surface area contributed by atoms with Crippen molar-refractivity contribution in [2.75, 3.05) is 25.0 Å². The molecule has 0 bridgehead atoms. The number of hydrogen-bond donors (Lipinski definition) is 1. The van der Waals surface area contributed by atoms with Gasteiger partial charge in [0.25, 0.3) is 0 Å². The monoisotopic (exact) mass is 525 g/mol. The van der Waals surface area contributed by atoms with Crippen molar-refractivity contribution in [2.45, 2.75) is 63.3 Å². The molecule has 1 saturated carbocycles. The number of amides is 1. The fourth-order valence-corrected chi connectivity index (χ4v) is 5.83. The molecule has 1 heterocycles. The molecule has 2 aliphatic rings. The summed E-state index contributed by atoms with van der Waals surface area (Å²) in [5, 5.41) is 12.6. The lowest BCUT2D eigenvalue weighted by atomic mass is 9.88. The molecule has 5 nitrogen and oxygen atoms in total. The molecule has 1 N–H and O–H groups in total. The predicted molar refractivity (Wildman–Crippen MR) is 152 cm³/mol. The van der Waals surface area contributed by atoms with E-state index in [2.05, 4.69) is 53.8 Å². The third kappa shape index (κ3) is 6.85. The smallest absolute Gasteiger partial charge is 0.248 e. The molecule has 3 aromatic rings. The highest BCUT2D eigenvalue weighted by molar-refractivity contribution is 5.77. The number of hydrogen-bond acceptors (Lipinski definition) is 4. The first-order valence-electron chi connectivity index (χ1n) is 14.0. The summed E-state index contributed by atoms with van der Waals surface area (Å²) in [6.45, 7) is 1.05. The highest BCUT2D eigenvalue weighted by Gasteiger charge is 2.26. The van der Waals surface area contributed by atoms with Crippen molar-refractivity contribution in [1.29, 1.82) is 5.26 Å². The summed E-state index contributed by atoms with van der Waals surface area (Å²) in [5.41, 5.74) is 5.46. The lowest BCUT2D eigenvalue weighted by Gasteiger charge is -2.33. The number of halogens is 1. The quantitative estimate of drug-likeness (QED) is 0.350. The van der Waals surface area contributed by atoms with Gasteiger partial charge < -0.3 is 15.0 Å². The first-order chi connectivity index (χ1) is 19.1. The topological polar surface area (TPSA) is 65.4 Å². The van der Waals surface area contributed by atoms with Gasteiger partial charge in [0.2, 0.25) is 5.91 Å². The Morgan fingerprint density at radius 1 is 0.923 bits per heavy atom. The number of rotatable bonds is 8. The third-order valence-electron chi connectivity index (χ3n) is 8.19. The van der Waals surface area contributed by atoms with E-state index in [4.69, 9.17) is 10.00 Å². The maximum Gasteiger partial charge on any atom is 0.248 e. The average molecular weight is 526 g/mol. The van der Waals surface area contributed by atoms with Crippen LogP contribution in [-0.4, -0.2) is 42.6 Å². The van der Waals surface area contributed by atoms with Crippen LogP contribution in [0.15, 0.2) is 72.8 Å². The normalized spacial score (nSPS) is 19.8. The van der Waals surface area contributed by atoms with Gasteiger partial charge in [-0.15, -0.1) is 0 Å². The lowest BCUT2D eigenvalue weighted by molar-refractivity contribution is -0.139. The average Bonchev–Trinajstić information content (AvgIpc) is 3.01. The van der Waals surface area contributed by atoms with Gasteiger partial charge in [0.15, 0.2) is 0 Å². The molecule has 3 aromatic carbocycles. The zero-order valence-electron chi connectivity index (χ0n) is 22.3. The Kier molecular flexibility index (Phi) is 8.90. The summed E-state index contributed by atoms with van der Waals surface area (Å²) in [6.07, 6.45) is 5.68. The van der Waals surface area contributed by atoms with E-state index in [1.165, 1.54) is 16.7 Å². The number of alkyl halides is 1. The molecule has 1 aliphatic heterocycles. The molecule has 1 saturated heterocycles. The Labute approximate surface area is 230 Å². The number of anilines is 1. The fourth-order valence-electron chi connectivity index (χ4n) is 5.83. The summed E-state index contributed by atoms with van der Waals surface area (Å²) in [6, 6.07) is 26.8. The van der Waals surface area contributed by atoms with Crippen LogP contribution in [0.2, 0.25) is 0 Å². The van der Waals surface area contributed by atoms with Crippen LogP contribution < -0.4 is 5.32 Å². The number of piperidine rings is 1. The molecule has 5 rings (SSSR count). The van der Waals surface area contributed by atoms with E-state index in [-0.39, 0.29) is 24.7 Å². The van der Waals surface area contributed by atoms with Crippen LogP contribution in [0.5, 0.6) is 0 Å². The van der Waals surface area contributed by atoms with Crippen molar-refractivity contribution in [3.63, 3.8) is 0 Å². The zero-order valence-corrected chi connectivity index (χ0v) is 22.3. The van der Waals surface area contributed by atoms with Crippen molar-refractivity contribution in [1.82, 2.24) is 4.90 Å². The van der Waals surface area contributed by atoms with Gasteiger partial charge in [-0.3, -0.25) is 4.79 Å². The van der Waals surface area contributed by atoms with E-state index >= 15 is 0 Å². The van der Waals surface area contributed by atoms with Crippen LogP contribution in [0.4, 0.5) is 10.1 Å². The number of carbonyl (C=O) groups is 1. The SMILES string of the molecule is N#Cc1ccc(NC2CCC(OCC(=O)N3CCC(c4ccc(-c5ccccc5)cc4)CC3)CC2)cc1CF. The van der Waals surface area contributed by atoms with Gasteiger partial charge in [-0.25, -0.2) is 4.39 Å². The first-order valence-corrected chi connectivity index (χ1v) is 14.0. The zero-order chi connectivity index (χ0) is 27.0. The number of carbonyl (C=O) groups excluding carboxylic acids is 1. The molecule has 0 aromatic heterocycles. The summed E-state index contributed by atoms with van der Waals surface area (Å²) in [7, 11) is 0. The van der Waals surface area contributed by atoms with Crippen molar-refractivity contribution in [3.05, 3.63) is 89.5 Å². The van der Waals surface area contributed by atoms with Gasteiger partial charge in [-0.2, -0.15) is 5.26 Å². The van der Waals surface area contributed by atoms with Gasteiger partial charge in [0.1, 0.15) is 13.3 Å². The molecular formula is C33H36FN3O2. The molecule has 0 spiro atoms. The lowest BCUT2D eigenvalue weighted by Crippen LogP contribution is -2.41. The highest BCUT2D eigenvalue weighted by atomic mass is 19.1. The predicted octanol–water partition coefficient (Wildman–Crippen LogP) is 6.84. The van der Waals surface area contributed by atoms with Gasteiger partial charge in [-0.1, -0.05) is 54.6 Å². The second kappa shape index (κ2) is 12.9. The Hall–Kier alpha value is -3.69. The van der Waals surface area contributed by atoms with Gasteiger partial charge in [0, 0.05) is 30.4 Å². The maximum absolute atomic E-state index is 13.2. The minimum Gasteiger partial charge on any atom is -0.382 e. The fraction of sp³-hybridized carbons (Fsp3) is 0.394. The van der Waals surface area contributed by atoms with Crippen LogP contribution in [0.3, 0.4) is 0 Å². The molecule has 1 aliphatic carbocycles. The Balaban J connectivity index is 1.02. The van der Waals surface area contributed by atoms with Crippen molar-refractivity contribution in [3.8, 4) is 17.2 Å². The Morgan fingerprint density at radius 2 is 1.62 bits per heavy atom. The van der Waals surface area contributed by atoms with E-state index in [1.807, 2.05) is 23.1 Å². The number of ether oxygens (including phenoxy) is 1. The highest BCUT2D eigenvalue weighted by Crippen LogP contribution is 2.30. The van der Waals surface area contributed by atoms with Gasteiger partial charge in [-0.05, 0) is 79.3 Å². The van der Waals surface area contributed by atoms with Crippen LogP contribution >= 0.6 is 0 Å². The number of nitrogens with zero attached hydrogens (tertiary/aromatic N) is 2. The molecule has 39 heavy (non-hydrogen) atoms. The van der Waals surface area contributed by atoms with Crippen LogP contribution in [-0.2, 0) is 16.2 Å². The summed E-state index contributed by atoms with van der Waals surface area (Å²) in [4.78, 5) is 14.8. The van der Waals surface area contributed by atoms with Crippen molar-refractivity contribution >= 4 is 11.6 Å². The van der Waals surface area contributed by atoms with Crippen LogP contribution in [0.25, 0.3) is 11.1 Å². The van der Waals surface area contributed by atoms with Gasteiger partial charge >= 0.3 is 0 Å². The standard InChI is InChI=1S/C33H36FN3O2/c34-21-29-20-31(11-10-28(29)22-35)36-30-12-14-32(15-13-30)39-23-33(38)37-18-16-27(17-19-37)26-8-6-25(7-9-26)24-4-2-1-3-5-24/h1-11,20,27,30,32,36H,12-19,21,23H2. The molecular weight excluding hydrogens is 489 g/mol. The molecule has 0 atom stereocenters. The number of nitrogens with one attached hydrogen (secondary N) is 1. The Morgan fingerprint density at radius 3 is 2.28 bits per heavy atom. The van der Waals surface area contributed by atoms with Crippen molar-refractivity contribution < 1.29 is 13.9 Å². The minimum atomic E-state index is -0.646. The third-order valence-corrected chi connectivity index (χ3v) is 8.19. The van der Waals surface area contributed by atoms with E-state index < -0.39 is 6.67 Å². The molecule has 6 heteroatoms. The molecule has 1 amide bonds. The maximum atomic E-state index is 13.2. The van der Waals surface area contributed by atoms with Crippen LogP contribution in [0, 0.1) is 11.3 Å². The van der Waals surface area contributed by atoms with E-state index in [0.29, 0.717) is 17.0 Å². The van der Waals surface area contributed by atoms with E-state index in [0.717, 1.165) is 57.3 Å². The van der Waals surface area contributed by atoms with Crippen LogP contribution in [0.1, 0.15) is 61.1 Å². The summed E-state index contributed by atoms with van der Waals surface area (Å²) in [5.74, 6) is 0.573. The van der Waals surface area contributed by atoms with E-state index in [9.17, 15) is 9.18 Å². The Bertz CT molecular complexity index is 1270. The summed E-state index contributed by atoms with van der Waals surface area (Å²) < 4.78 is 19.2. The second-order valence-corrected chi connectivity index (χ2v) is 10.7. The van der Waals surface area contributed by atoms with Crippen molar-refractivity contribution in [2.24, 2.45) is 0 Å². The molecule has 0 unspecified atom stereocenters. The second-order valence-electron chi connectivity index (χ2n) is 10.7. The molecule has 202 valence electrons. The number of nitriles is 1. The summed E-state index contributed by atoms with van der Waals surface area (Å²) >= 11 is 0. The minimum absolute atomic E-state index is 0.0875. The largest absolute Gasteiger partial charge is 0.382 e. The molecule has 2 fully saturated rings. The van der Waals surface area contributed by atoms with Gasteiger partial charge in [0.05, 0.1) is 17.7 Å². The van der Waals surface area contributed by atoms with E-state index in [1.54, 1.807) is 12.1 Å².